The van der Waals surface area contributed by atoms with Gasteiger partial charge in [0, 0.05) is 25.3 Å². The third-order valence-electron chi connectivity index (χ3n) is 2.74. The van der Waals surface area contributed by atoms with E-state index in [1.165, 1.54) is 0 Å². The maximum Gasteiger partial charge on any atom is 0.279 e. The molecular weight excluding hydrogens is 192 g/mol. The molecule has 1 aromatic carbocycles. The molecule has 0 spiro atoms. The van der Waals surface area contributed by atoms with Crippen molar-refractivity contribution >= 4 is 5.84 Å². The third-order valence-corrected chi connectivity index (χ3v) is 2.74. The Labute approximate surface area is 88.7 Å². The largest absolute Gasteiger partial charge is 0.332 e. The van der Waals surface area contributed by atoms with Gasteiger partial charge in [-0.3, -0.25) is 5.41 Å². The van der Waals surface area contributed by atoms with Gasteiger partial charge in [-0.25, -0.2) is 0 Å². The van der Waals surface area contributed by atoms with E-state index in [4.69, 9.17) is 14.9 Å². The summed E-state index contributed by atoms with van der Waals surface area (Å²) in [6.07, 6.45) is 0. The van der Waals surface area contributed by atoms with E-state index < -0.39 is 5.91 Å². The Balaban J connectivity index is 2.67. The number of rotatable bonds is 2. The van der Waals surface area contributed by atoms with Gasteiger partial charge in [-0.2, -0.15) is 0 Å². The van der Waals surface area contributed by atoms with Crippen LogP contribution in [0.3, 0.4) is 0 Å². The van der Waals surface area contributed by atoms with E-state index >= 15 is 0 Å². The summed E-state index contributed by atoms with van der Waals surface area (Å²) in [4.78, 5) is 0. The molecule has 0 unspecified atom stereocenters. The molecule has 0 saturated carbocycles. The first-order valence-electron chi connectivity index (χ1n) is 4.72. The van der Waals surface area contributed by atoms with E-state index in [-0.39, 0.29) is 0 Å². The van der Waals surface area contributed by atoms with Crippen LogP contribution in [0, 0.1) is 12.3 Å². The van der Waals surface area contributed by atoms with Crippen LogP contribution in [0.1, 0.15) is 16.7 Å². The van der Waals surface area contributed by atoms with Gasteiger partial charge in [-0.1, -0.05) is 18.2 Å². The van der Waals surface area contributed by atoms with Crippen LogP contribution in [0.5, 0.6) is 0 Å². The van der Waals surface area contributed by atoms with Gasteiger partial charge in [0.05, 0.1) is 0 Å². The van der Waals surface area contributed by atoms with Crippen LogP contribution >= 0.6 is 0 Å². The summed E-state index contributed by atoms with van der Waals surface area (Å²) in [5, 5.41) is 10.7. The lowest BCUT2D eigenvalue weighted by Crippen LogP contribution is -2.43. The minimum atomic E-state index is -1.00. The van der Waals surface area contributed by atoms with E-state index in [0.717, 1.165) is 16.7 Å². The van der Waals surface area contributed by atoms with Gasteiger partial charge in [0.25, 0.3) is 5.91 Å². The minimum absolute atomic E-state index is 0.331. The molecule has 15 heavy (non-hydrogen) atoms. The second kappa shape index (κ2) is 3.32. The molecule has 0 bridgehead atoms. The zero-order valence-electron chi connectivity index (χ0n) is 9.05. The second-order valence-electron chi connectivity index (χ2n) is 3.52. The van der Waals surface area contributed by atoms with Crippen molar-refractivity contribution in [2.75, 3.05) is 14.2 Å². The van der Waals surface area contributed by atoms with Gasteiger partial charge in [0.2, 0.25) is 0 Å². The Morgan fingerprint density at radius 1 is 1.27 bits per heavy atom. The van der Waals surface area contributed by atoms with E-state index in [1.54, 1.807) is 14.2 Å². The summed E-state index contributed by atoms with van der Waals surface area (Å²) < 4.78 is 10.7. The lowest BCUT2D eigenvalue weighted by Gasteiger charge is -2.27. The number of benzene rings is 1. The summed E-state index contributed by atoms with van der Waals surface area (Å²) >= 11 is 0. The van der Waals surface area contributed by atoms with Gasteiger partial charge in [-0.05, 0) is 12.5 Å². The highest BCUT2D eigenvalue weighted by Gasteiger charge is 2.43. The van der Waals surface area contributed by atoms with Crippen molar-refractivity contribution < 1.29 is 9.47 Å². The van der Waals surface area contributed by atoms with Crippen molar-refractivity contribution in [1.29, 1.82) is 5.41 Å². The summed E-state index contributed by atoms with van der Waals surface area (Å²) in [5.74, 6) is -0.671. The number of amidine groups is 1. The van der Waals surface area contributed by atoms with E-state index in [2.05, 4.69) is 5.32 Å². The topological polar surface area (TPSA) is 54.3 Å². The van der Waals surface area contributed by atoms with Crippen LogP contribution in [0.25, 0.3) is 0 Å². The van der Waals surface area contributed by atoms with Crippen LogP contribution < -0.4 is 5.32 Å². The molecule has 80 valence electrons. The Morgan fingerprint density at radius 3 is 2.53 bits per heavy atom. The molecule has 0 atom stereocenters. The fourth-order valence-corrected chi connectivity index (χ4v) is 2.00. The molecule has 0 aliphatic carbocycles. The molecular formula is C11H14N2O2. The lowest BCUT2D eigenvalue weighted by atomic mass is 10.0. The van der Waals surface area contributed by atoms with Crippen LogP contribution in [0.15, 0.2) is 18.2 Å². The zero-order chi connectivity index (χ0) is 11.1. The van der Waals surface area contributed by atoms with Gasteiger partial charge >= 0.3 is 0 Å². The van der Waals surface area contributed by atoms with E-state index in [9.17, 15) is 0 Å². The molecule has 1 aromatic rings. The average Bonchev–Trinajstić information content (AvgIpc) is 2.54. The highest BCUT2D eigenvalue weighted by molar-refractivity contribution is 6.01. The number of aryl methyl sites for hydroxylation is 1. The first-order valence-corrected chi connectivity index (χ1v) is 4.72. The van der Waals surface area contributed by atoms with Crippen molar-refractivity contribution in [1.82, 2.24) is 5.32 Å². The van der Waals surface area contributed by atoms with Crippen LogP contribution in [0.2, 0.25) is 0 Å². The molecule has 1 heterocycles. The highest BCUT2D eigenvalue weighted by Crippen LogP contribution is 2.34. The van der Waals surface area contributed by atoms with Crippen molar-refractivity contribution in [2.24, 2.45) is 0 Å². The molecule has 1 aliphatic heterocycles. The first kappa shape index (κ1) is 10.1. The molecule has 1 aliphatic rings. The number of methoxy groups -OCH3 is 2. The maximum atomic E-state index is 7.82. The molecule has 4 nitrogen and oxygen atoms in total. The third kappa shape index (κ3) is 1.26. The standard InChI is InChI=1S/C11H14N2O2/c1-7-5-4-6-8-9(7)11(14-2,15-3)13-10(8)12/h4-6H,1-3H3,(H2,12,13). The van der Waals surface area contributed by atoms with Crippen molar-refractivity contribution in [3.63, 3.8) is 0 Å². The van der Waals surface area contributed by atoms with Crippen LogP contribution in [-0.4, -0.2) is 20.1 Å². The normalized spacial score (nSPS) is 17.4. The molecule has 4 heteroatoms. The fourth-order valence-electron chi connectivity index (χ4n) is 2.00. The Kier molecular flexibility index (Phi) is 2.25. The molecule has 0 fully saturated rings. The second-order valence-corrected chi connectivity index (χ2v) is 3.52. The summed E-state index contributed by atoms with van der Waals surface area (Å²) in [5.41, 5.74) is 2.77. The number of fused-ring (bicyclic) bond motifs is 1. The Morgan fingerprint density at radius 2 is 1.93 bits per heavy atom. The Hall–Kier alpha value is -1.39. The van der Waals surface area contributed by atoms with Gasteiger partial charge in [0.1, 0.15) is 5.84 Å². The molecule has 0 amide bonds. The van der Waals surface area contributed by atoms with E-state index in [0.29, 0.717) is 5.84 Å². The van der Waals surface area contributed by atoms with Crippen LogP contribution in [-0.2, 0) is 15.4 Å². The summed E-state index contributed by atoms with van der Waals surface area (Å²) in [6.45, 7) is 1.98. The predicted octanol–water partition coefficient (Wildman–Crippen LogP) is 1.33. The van der Waals surface area contributed by atoms with Crippen molar-refractivity contribution in [2.45, 2.75) is 12.8 Å². The zero-order valence-corrected chi connectivity index (χ0v) is 9.05. The lowest BCUT2D eigenvalue weighted by molar-refractivity contribution is -0.223. The van der Waals surface area contributed by atoms with Gasteiger partial charge < -0.3 is 14.8 Å². The maximum absolute atomic E-state index is 7.82. The average molecular weight is 206 g/mol. The fraction of sp³-hybridized carbons (Fsp3) is 0.364. The minimum Gasteiger partial charge on any atom is -0.332 e. The predicted molar refractivity (Wildman–Crippen MR) is 56.8 cm³/mol. The van der Waals surface area contributed by atoms with Gasteiger partial charge in [0.15, 0.2) is 0 Å². The summed E-state index contributed by atoms with van der Waals surface area (Å²) in [7, 11) is 3.12. The first-order chi connectivity index (χ1) is 7.14. The number of hydrogen-bond donors (Lipinski definition) is 2. The molecule has 0 saturated heterocycles. The smallest absolute Gasteiger partial charge is 0.279 e. The van der Waals surface area contributed by atoms with Crippen molar-refractivity contribution in [3.8, 4) is 0 Å². The molecule has 2 N–H and O–H groups in total. The van der Waals surface area contributed by atoms with Crippen molar-refractivity contribution in [3.05, 3.63) is 34.9 Å². The quantitative estimate of drug-likeness (QED) is 0.718. The van der Waals surface area contributed by atoms with Crippen LogP contribution in [0.4, 0.5) is 0 Å². The molecule has 2 rings (SSSR count). The highest BCUT2D eigenvalue weighted by atomic mass is 16.7. The van der Waals surface area contributed by atoms with E-state index in [1.807, 2.05) is 25.1 Å². The molecule has 0 radical (unpaired) electrons. The monoisotopic (exact) mass is 206 g/mol. The molecule has 0 aromatic heterocycles. The number of nitrogens with one attached hydrogen (secondary N) is 2. The SMILES string of the molecule is COC1(OC)NC(=N)c2cccc(C)c21. The number of hydrogen-bond acceptors (Lipinski definition) is 3. The Bertz CT molecular complexity index is 411. The summed E-state index contributed by atoms with van der Waals surface area (Å²) in [6, 6.07) is 5.79. The van der Waals surface area contributed by atoms with Gasteiger partial charge in [-0.15, -0.1) is 0 Å². The number of ether oxygens (including phenoxy) is 2.